The summed E-state index contributed by atoms with van der Waals surface area (Å²) in [4.78, 5) is 2.57. The van der Waals surface area contributed by atoms with Gasteiger partial charge in [-0.05, 0) is 49.8 Å². The molecule has 2 heteroatoms. The van der Waals surface area contributed by atoms with Crippen LogP contribution in [-0.2, 0) is 12.8 Å². The Morgan fingerprint density at radius 3 is 2.61 bits per heavy atom. The lowest BCUT2D eigenvalue weighted by atomic mass is 10.0. The first-order valence-corrected chi connectivity index (χ1v) is 7.35. The molecule has 1 fully saturated rings. The van der Waals surface area contributed by atoms with E-state index in [-0.39, 0.29) is 0 Å². The van der Waals surface area contributed by atoms with Crippen molar-refractivity contribution in [2.45, 2.75) is 45.1 Å². The van der Waals surface area contributed by atoms with Gasteiger partial charge in [0.15, 0.2) is 0 Å². The van der Waals surface area contributed by atoms with E-state index in [4.69, 9.17) is 5.73 Å². The van der Waals surface area contributed by atoms with Crippen LogP contribution in [0, 0.1) is 0 Å². The minimum absolute atomic E-state index is 0.763. The second kappa shape index (κ2) is 6.91. The fourth-order valence-corrected chi connectivity index (χ4v) is 2.96. The number of aryl methyl sites for hydroxylation is 2. The molecule has 1 saturated heterocycles. The van der Waals surface area contributed by atoms with Gasteiger partial charge in [-0.2, -0.15) is 0 Å². The van der Waals surface area contributed by atoms with Crippen molar-refractivity contribution >= 4 is 0 Å². The fourth-order valence-electron chi connectivity index (χ4n) is 2.96. The number of hydrogen-bond acceptors (Lipinski definition) is 2. The normalized spacial score (nSPS) is 20.4. The summed E-state index contributed by atoms with van der Waals surface area (Å²) in [7, 11) is 0. The average molecular weight is 246 g/mol. The molecule has 100 valence electrons. The van der Waals surface area contributed by atoms with Crippen LogP contribution in [0.3, 0.4) is 0 Å². The molecule has 1 unspecified atom stereocenters. The van der Waals surface area contributed by atoms with Gasteiger partial charge in [0, 0.05) is 19.1 Å². The summed E-state index contributed by atoms with van der Waals surface area (Å²) in [5.41, 5.74) is 8.58. The zero-order valence-corrected chi connectivity index (χ0v) is 11.6. The largest absolute Gasteiger partial charge is 0.329 e. The first-order chi connectivity index (χ1) is 8.83. The third kappa shape index (κ3) is 3.56. The summed E-state index contributed by atoms with van der Waals surface area (Å²) in [6, 6.07) is 9.88. The molecule has 0 aromatic heterocycles. The third-order valence-corrected chi connectivity index (χ3v) is 4.11. The molecule has 1 aromatic carbocycles. The molecule has 0 amide bonds. The van der Waals surface area contributed by atoms with E-state index in [1.165, 1.54) is 43.4 Å². The van der Waals surface area contributed by atoms with E-state index in [2.05, 4.69) is 36.1 Å². The fraction of sp³-hybridized carbons (Fsp3) is 0.625. The van der Waals surface area contributed by atoms with Gasteiger partial charge in [-0.15, -0.1) is 0 Å². The summed E-state index contributed by atoms with van der Waals surface area (Å²) >= 11 is 0. The highest BCUT2D eigenvalue weighted by molar-refractivity contribution is 5.22. The van der Waals surface area contributed by atoms with Crippen molar-refractivity contribution in [3.05, 3.63) is 35.4 Å². The Morgan fingerprint density at radius 1 is 1.22 bits per heavy atom. The van der Waals surface area contributed by atoms with E-state index in [0.29, 0.717) is 0 Å². The molecule has 0 radical (unpaired) electrons. The first-order valence-electron chi connectivity index (χ1n) is 7.35. The summed E-state index contributed by atoms with van der Waals surface area (Å²) < 4.78 is 0. The van der Waals surface area contributed by atoms with E-state index < -0.39 is 0 Å². The van der Waals surface area contributed by atoms with Gasteiger partial charge in [0.2, 0.25) is 0 Å². The molecule has 2 nitrogen and oxygen atoms in total. The predicted molar refractivity (Wildman–Crippen MR) is 77.8 cm³/mol. The quantitative estimate of drug-likeness (QED) is 0.836. The van der Waals surface area contributed by atoms with Gasteiger partial charge in [-0.25, -0.2) is 0 Å². The van der Waals surface area contributed by atoms with Gasteiger partial charge in [0.1, 0.15) is 0 Å². The molecule has 1 aliphatic rings. The van der Waals surface area contributed by atoms with Gasteiger partial charge in [-0.3, -0.25) is 4.90 Å². The first kappa shape index (κ1) is 13.6. The van der Waals surface area contributed by atoms with Gasteiger partial charge < -0.3 is 5.73 Å². The summed E-state index contributed by atoms with van der Waals surface area (Å²) in [5.74, 6) is 0. The number of rotatable bonds is 6. The predicted octanol–water partition coefficient (Wildman–Crippen LogP) is 2.60. The highest BCUT2D eigenvalue weighted by Gasteiger charge is 2.22. The minimum Gasteiger partial charge on any atom is -0.329 e. The Bertz CT molecular complexity index is 345. The average Bonchev–Trinajstić information content (AvgIpc) is 2.85. The maximum Gasteiger partial charge on any atom is 0.0108 e. The Labute approximate surface area is 111 Å². The van der Waals surface area contributed by atoms with Crippen LogP contribution < -0.4 is 5.73 Å². The Balaban J connectivity index is 1.82. The molecule has 1 aliphatic heterocycles. The smallest absolute Gasteiger partial charge is 0.0108 e. The van der Waals surface area contributed by atoms with Crippen molar-refractivity contribution < 1.29 is 0 Å². The number of benzene rings is 1. The molecule has 1 heterocycles. The highest BCUT2D eigenvalue weighted by Crippen LogP contribution is 2.21. The maximum absolute atomic E-state index is 5.67. The van der Waals surface area contributed by atoms with Crippen LogP contribution in [0.25, 0.3) is 0 Å². The molecule has 1 atom stereocenters. The van der Waals surface area contributed by atoms with E-state index in [9.17, 15) is 0 Å². The molecule has 0 spiro atoms. The van der Waals surface area contributed by atoms with E-state index in [1.54, 1.807) is 0 Å². The monoisotopic (exact) mass is 246 g/mol. The van der Waals surface area contributed by atoms with Crippen molar-refractivity contribution in [3.8, 4) is 0 Å². The van der Waals surface area contributed by atoms with E-state index >= 15 is 0 Å². The van der Waals surface area contributed by atoms with Crippen LogP contribution in [0.15, 0.2) is 24.3 Å². The second-order valence-electron chi connectivity index (χ2n) is 5.33. The topological polar surface area (TPSA) is 29.3 Å². The number of nitrogens with two attached hydrogens (primary N) is 1. The lowest BCUT2D eigenvalue weighted by molar-refractivity contribution is 0.250. The van der Waals surface area contributed by atoms with Crippen LogP contribution >= 0.6 is 0 Å². The van der Waals surface area contributed by atoms with Gasteiger partial charge in [-0.1, -0.05) is 31.2 Å². The van der Waals surface area contributed by atoms with Crippen LogP contribution in [0.4, 0.5) is 0 Å². The molecule has 18 heavy (non-hydrogen) atoms. The van der Waals surface area contributed by atoms with Crippen LogP contribution in [0.5, 0.6) is 0 Å². The summed E-state index contributed by atoms with van der Waals surface area (Å²) in [6.45, 7) is 5.32. The zero-order valence-electron chi connectivity index (χ0n) is 11.6. The van der Waals surface area contributed by atoms with Gasteiger partial charge >= 0.3 is 0 Å². The Morgan fingerprint density at radius 2 is 1.94 bits per heavy atom. The molecular formula is C16H26N2. The Kier molecular flexibility index (Phi) is 5.21. The summed E-state index contributed by atoms with van der Waals surface area (Å²) in [6.07, 6.45) is 6.32. The molecule has 1 aromatic rings. The molecule has 2 rings (SSSR count). The number of likely N-dealkylation sites (tertiary alicyclic amines) is 1. The lowest BCUT2D eigenvalue weighted by Gasteiger charge is -2.23. The standard InChI is InChI=1S/C16H26N2/c1-2-14-5-7-15(8-6-14)9-10-16-4-3-12-18(16)13-11-17/h5-8,16H,2-4,9-13,17H2,1H3. The van der Waals surface area contributed by atoms with Crippen molar-refractivity contribution in [2.24, 2.45) is 5.73 Å². The number of hydrogen-bond donors (Lipinski definition) is 1. The van der Waals surface area contributed by atoms with Crippen molar-refractivity contribution in [2.75, 3.05) is 19.6 Å². The lowest BCUT2D eigenvalue weighted by Crippen LogP contribution is -2.34. The van der Waals surface area contributed by atoms with Crippen molar-refractivity contribution in [3.63, 3.8) is 0 Å². The molecular weight excluding hydrogens is 220 g/mol. The van der Waals surface area contributed by atoms with Gasteiger partial charge in [0.25, 0.3) is 0 Å². The molecule has 0 bridgehead atoms. The third-order valence-electron chi connectivity index (χ3n) is 4.11. The minimum atomic E-state index is 0.763. The zero-order chi connectivity index (χ0) is 12.8. The van der Waals surface area contributed by atoms with Crippen LogP contribution in [-0.4, -0.2) is 30.6 Å². The van der Waals surface area contributed by atoms with Gasteiger partial charge in [0.05, 0.1) is 0 Å². The van der Waals surface area contributed by atoms with Crippen molar-refractivity contribution in [1.29, 1.82) is 0 Å². The Hall–Kier alpha value is -0.860. The summed E-state index contributed by atoms with van der Waals surface area (Å²) in [5, 5.41) is 0. The van der Waals surface area contributed by atoms with Crippen LogP contribution in [0.2, 0.25) is 0 Å². The molecule has 0 aliphatic carbocycles. The number of nitrogens with zero attached hydrogens (tertiary/aromatic N) is 1. The maximum atomic E-state index is 5.67. The highest BCUT2D eigenvalue weighted by atomic mass is 15.2. The second-order valence-corrected chi connectivity index (χ2v) is 5.33. The van der Waals surface area contributed by atoms with E-state index in [1.807, 2.05) is 0 Å². The molecule has 2 N–H and O–H groups in total. The van der Waals surface area contributed by atoms with Crippen LogP contribution in [0.1, 0.15) is 37.3 Å². The van der Waals surface area contributed by atoms with Crippen molar-refractivity contribution in [1.82, 2.24) is 4.90 Å². The molecule has 0 saturated carbocycles. The van der Waals surface area contributed by atoms with E-state index in [0.717, 1.165) is 25.6 Å². The SMILES string of the molecule is CCc1ccc(CCC2CCCN2CCN)cc1.